The largest absolute Gasteiger partial charge is 0.334 e. The molecule has 0 unspecified atom stereocenters. The van der Waals surface area contributed by atoms with Crippen molar-refractivity contribution in [3.63, 3.8) is 0 Å². The highest BCUT2D eigenvalue weighted by Gasteiger charge is 2.16. The van der Waals surface area contributed by atoms with Gasteiger partial charge in [0.15, 0.2) is 0 Å². The van der Waals surface area contributed by atoms with Crippen LogP contribution in [-0.2, 0) is 6.54 Å². The van der Waals surface area contributed by atoms with Crippen molar-refractivity contribution in [1.29, 1.82) is 0 Å². The van der Waals surface area contributed by atoms with Crippen LogP contribution >= 0.6 is 0 Å². The molecule has 0 aliphatic rings. The molecular formula is C18H21N3O2. The van der Waals surface area contributed by atoms with E-state index >= 15 is 0 Å². The van der Waals surface area contributed by atoms with Crippen LogP contribution in [0.2, 0.25) is 0 Å². The molecule has 1 aromatic heterocycles. The Bertz CT molecular complexity index is 750. The fourth-order valence-electron chi connectivity index (χ4n) is 2.25. The van der Waals surface area contributed by atoms with Crippen molar-refractivity contribution in [3.8, 4) is 0 Å². The minimum Gasteiger partial charge on any atom is -0.334 e. The SMILES string of the molecule is C=C(C)CN(CC)C(=O)c1ccc(=O)n(Cc2ccccc2)n1. The van der Waals surface area contributed by atoms with Crippen LogP contribution in [0.15, 0.2) is 59.4 Å². The number of amides is 1. The molecule has 0 aliphatic carbocycles. The summed E-state index contributed by atoms with van der Waals surface area (Å²) in [6.45, 7) is 9.00. The highest BCUT2D eigenvalue weighted by atomic mass is 16.2. The zero-order chi connectivity index (χ0) is 16.8. The van der Waals surface area contributed by atoms with Gasteiger partial charge in [-0.3, -0.25) is 9.59 Å². The number of hydrogen-bond acceptors (Lipinski definition) is 3. The van der Waals surface area contributed by atoms with Gasteiger partial charge in [0, 0.05) is 19.2 Å². The second kappa shape index (κ2) is 7.54. The summed E-state index contributed by atoms with van der Waals surface area (Å²) >= 11 is 0. The first kappa shape index (κ1) is 16.7. The molecule has 2 aromatic rings. The maximum absolute atomic E-state index is 12.5. The van der Waals surface area contributed by atoms with Gasteiger partial charge in [-0.15, -0.1) is 0 Å². The van der Waals surface area contributed by atoms with Crippen molar-refractivity contribution in [2.45, 2.75) is 20.4 Å². The summed E-state index contributed by atoms with van der Waals surface area (Å²) in [6.07, 6.45) is 0. The third-order valence-corrected chi connectivity index (χ3v) is 3.39. The van der Waals surface area contributed by atoms with Gasteiger partial charge in [0.25, 0.3) is 11.5 Å². The molecule has 0 saturated carbocycles. The summed E-state index contributed by atoms with van der Waals surface area (Å²) in [6, 6.07) is 12.4. The molecule has 5 nitrogen and oxygen atoms in total. The zero-order valence-electron chi connectivity index (χ0n) is 13.5. The first-order chi connectivity index (χ1) is 11.0. The van der Waals surface area contributed by atoms with Crippen LogP contribution in [0.3, 0.4) is 0 Å². The number of hydrogen-bond donors (Lipinski definition) is 0. The van der Waals surface area contributed by atoms with E-state index in [1.807, 2.05) is 44.2 Å². The molecule has 5 heteroatoms. The first-order valence-electron chi connectivity index (χ1n) is 7.57. The second-order valence-corrected chi connectivity index (χ2v) is 5.48. The molecule has 0 N–H and O–H groups in total. The minimum atomic E-state index is -0.228. The van der Waals surface area contributed by atoms with Crippen LogP contribution in [-0.4, -0.2) is 33.7 Å². The van der Waals surface area contributed by atoms with Gasteiger partial charge in [0.1, 0.15) is 5.69 Å². The molecule has 0 aliphatic heterocycles. The van der Waals surface area contributed by atoms with E-state index in [1.165, 1.54) is 16.8 Å². The van der Waals surface area contributed by atoms with E-state index in [1.54, 1.807) is 4.90 Å². The third kappa shape index (κ3) is 4.39. The van der Waals surface area contributed by atoms with Crippen LogP contribution in [0, 0.1) is 0 Å². The lowest BCUT2D eigenvalue weighted by molar-refractivity contribution is 0.0769. The maximum Gasteiger partial charge on any atom is 0.274 e. The molecule has 120 valence electrons. The van der Waals surface area contributed by atoms with E-state index in [0.717, 1.165) is 11.1 Å². The summed E-state index contributed by atoms with van der Waals surface area (Å²) in [5.41, 5.74) is 1.90. The Labute approximate surface area is 135 Å². The second-order valence-electron chi connectivity index (χ2n) is 5.48. The third-order valence-electron chi connectivity index (χ3n) is 3.39. The summed E-state index contributed by atoms with van der Waals surface area (Å²) in [5, 5.41) is 4.23. The summed E-state index contributed by atoms with van der Waals surface area (Å²) in [7, 11) is 0. The molecule has 0 atom stereocenters. The number of likely N-dealkylation sites (N-methyl/N-ethyl adjacent to an activating group) is 1. The van der Waals surface area contributed by atoms with Gasteiger partial charge < -0.3 is 4.90 Å². The zero-order valence-corrected chi connectivity index (χ0v) is 13.5. The van der Waals surface area contributed by atoms with Crippen molar-refractivity contribution in [3.05, 3.63) is 76.2 Å². The van der Waals surface area contributed by atoms with Crippen molar-refractivity contribution in [2.75, 3.05) is 13.1 Å². The Morgan fingerprint density at radius 3 is 2.52 bits per heavy atom. The van der Waals surface area contributed by atoms with Gasteiger partial charge in [0.05, 0.1) is 6.54 Å². The van der Waals surface area contributed by atoms with Crippen LogP contribution in [0.5, 0.6) is 0 Å². The normalized spacial score (nSPS) is 10.3. The summed E-state index contributed by atoms with van der Waals surface area (Å²) < 4.78 is 1.32. The predicted molar refractivity (Wildman–Crippen MR) is 90.4 cm³/mol. The van der Waals surface area contributed by atoms with E-state index in [2.05, 4.69) is 11.7 Å². The van der Waals surface area contributed by atoms with Crippen molar-refractivity contribution < 1.29 is 4.79 Å². The highest BCUT2D eigenvalue weighted by molar-refractivity contribution is 5.92. The molecule has 23 heavy (non-hydrogen) atoms. The van der Waals surface area contributed by atoms with Gasteiger partial charge >= 0.3 is 0 Å². The Morgan fingerprint density at radius 2 is 1.91 bits per heavy atom. The minimum absolute atomic E-state index is 0.197. The number of rotatable bonds is 6. The summed E-state index contributed by atoms with van der Waals surface area (Å²) in [5.74, 6) is -0.197. The Balaban J connectivity index is 2.27. The molecule has 0 saturated heterocycles. The lowest BCUT2D eigenvalue weighted by Gasteiger charge is -2.20. The van der Waals surface area contributed by atoms with E-state index in [-0.39, 0.29) is 17.2 Å². The average molecular weight is 311 g/mol. The molecular weight excluding hydrogens is 290 g/mol. The lowest BCUT2D eigenvalue weighted by Crippen LogP contribution is -2.35. The van der Waals surface area contributed by atoms with Crippen molar-refractivity contribution in [1.82, 2.24) is 14.7 Å². The molecule has 1 heterocycles. The fourth-order valence-corrected chi connectivity index (χ4v) is 2.25. The van der Waals surface area contributed by atoms with E-state index in [9.17, 15) is 9.59 Å². The molecule has 1 amide bonds. The fraction of sp³-hybridized carbons (Fsp3) is 0.278. The molecule has 0 radical (unpaired) electrons. The summed E-state index contributed by atoms with van der Waals surface area (Å²) in [4.78, 5) is 26.2. The van der Waals surface area contributed by atoms with Gasteiger partial charge in [-0.25, -0.2) is 4.68 Å². The van der Waals surface area contributed by atoms with E-state index in [0.29, 0.717) is 19.6 Å². The van der Waals surface area contributed by atoms with E-state index in [4.69, 9.17) is 0 Å². The smallest absolute Gasteiger partial charge is 0.274 e. The standard InChI is InChI=1S/C18H21N3O2/c1-4-20(12-14(2)3)18(23)16-10-11-17(22)21(19-16)13-15-8-6-5-7-9-15/h5-11H,2,4,12-13H2,1,3H3. The topological polar surface area (TPSA) is 55.2 Å². The van der Waals surface area contributed by atoms with Gasteiger partial charge in [-0.2, -0.15) is 5.10 Å². The highest BCUT2D eigenvalue weighted by Crippen LogP contribution is 2.04. The number of aromatic nitrogens is 2. The molecule has 1 aromatic carbocycles. The monoisotopic (exact) mass is 311 g/mol. The average Bonchev–Trinajstić information content (AvgIpc) is 2.55. The number of benzene rings is 1. The Kier molecular flexibility index (Phi) is 5.46. The van der Waals surface area contributed by atoms with Crippen LogP contribution in [0.4, 0.5) is 0 Å². The number of carbonyl (C=O) groups excluding carboxylic acids is 1. The van der Waals surface area contributed by atoms with Gasteiger partial charge in [0.2, 0.25) is 0 Å². The molecule has 0 spiro atoms. The van der Waals surface area contributed by atoms with Crippen molar-refractivity contribution in [2.24, 2.45) is 0 Å². The van der Waals surface area contributed by atoms with Crippen molar-refractivity contribution >= 4 is 5.91 Å². The quantitative estimate of drug-likeness (QED) is 0.769. The number of nitrogens with zero attached hydrogens (tertiary/aromatic N) is 3. The van der Waals surface area contributed by atoms with Crippen LogP contribution < -0.4 is 5.56 Å². The molecule has 0 fully saturated rings. The molecule has 2 rings (SSSR count). The lowest BCUT2D eigenvalue weighted by atomic mass is 10.2. The van der Waals surface area contributed by atoms with Crippen LogP contribution in [0.1, 0.15) is 29.9 Å². The Morgan fingerprint density at radius 1 is 1.22 bits per heavy atom. The van der Waals surface area contributed by atoms with Crippen LogP contribution in [0.25, 0.3) is 0 Å². The Hall–Kier alpha value is -2.69. The van der Waals surface area contributed by atoms with E-state index < -0.39 is 0 Å². The van der Waals surface area contributed by atoms with Gasteiger partial charge in [-0.1, -0.05) is 42.5 Å². The maximum atomic E-state index is 12.5. The number of carbonyl (C=O) groups is 1. The molecule has 0 bridgehead atoms. The first-order valence-corrected chi connectivity index (χ1v) is 7.57. The predicted octanol–water partition coefficient (Wildman–Crippen LogP) is 2.33. The van der Waals surface area contributed by atoms with Gasteiger partial charge in [-0.05, 0) is 25.5 Å².